The van der Waals surface area contributed by atoms with Crippen molar-refractivity contribution in [3.8, 4) is 5.75 Å². The van der Waals surface area contributed by atoms with Crippen molar-refractivity contribution in [3.05, 3.63) is 58.6 Å². The normalized spacial score (nSPS) is 10.3. The van der Waals surface area contributed by atoms with Gasteiger partial charge in [-0.2, -0.15) is 0 Å². The van der Waals surface area contributed by atoms with E-state index >= 15 is 0 Å². The molecule has 2 aromatic rings. The highest BCUT2D eigenvalue weighted by atomic mass is 35.5. The number of hydrogen-bond acceptors (Lipinski definition) is 3. The van der Waals surface area contributed by atoms with Crippen molar-refractivity contribution in [2.75, 3.05) is 19.1 Å². The van der Waals surface area contributed by atoms with E-state index in [4.69, 9.17) is 16.3 Å². The largest absolute Gasteiger partial charge is 0.496 e. The Labute approximate surface area is 130 Å². The van der Waals surface area contributed by atoms with Crippen LogP contribution in [0.15, 0.2) is 42.5 Å². The number of benzene rings is 2. The van der Waals surface area contributed by atoms with Gasteiger partial charge < -0.3 is 9.64 Å². The molecule has 4 heteroatoms. The molecule has 0 radical (unpaired) electrons. The molecule has 0 fully saturated rings. The molecule has 0 aromatic heterocycles. The average molecular weight is 304 g/mol. The highest BCUT2D eigenvalue weighted by molar-refractivity contribution is 6.34. The standard InChI is InChI=1S/C17H18ClNO2/c1-12(20)15-9-8-14(10-16(15)18)19(2)11-13-6-4-5-7-17(13)21-3/h4-10H,11H2,1-3H3. The van der Waals surface area contributed by atoms with Crippen LogP contribution in [0.3, 0.4) is 0 Å². The number of nitrogens with zero attached hydrogens (tertiary/aromatic N) is 1. The van der Waals surface area contributed by atoms with E-state index in [0.29, 0.717) is 17.1 Å². The maximum Gasteiger partial charge on any atom is 0.161 e. The van der Waals surface area contributed by atoms with E-state index in [9.17, 15) is 4.79 Å². The number of ether oxygens (including phenoxy) is 1. The van der Waals surface area contributed by atoms with Gasteiger partial charge >= 0.3 is 0 Å². The van der Waals surface area contributed by atoms with E-state index in [-0.39, 0.29) is 5.78 Å². The monoisotopic (exact) mass is 303 g/mol. The van der Waals surface area contributed by atoms with Crippen molar-refractivity contribution in [3.63, 3.8) is 0 Å². The number of ketones is 1. The summed E-state index contributed by atoms with van der Waals surface area (Å²) in [4.78, 5) is 13.5. The molecule has 2 aromatic carbocycles. The molecule has 21 heavy (non-hydrogen) atoms. The maximum absolute atomic E-state index is 11.4. The fourth-order valence-electron chi connectivity index (χ4n) is 2.21. The maximum atomic E-state index is 11.4. The van der Waals surface area contributed by atoms with Gasteiger partial charge in [-0.05, 0) is 31.2 Å². The van der Waals surface area contributed by atoms with Gasteiger partial charge in [0, 0.05) is 30.4 Å². The third-order valence-electron chi connectivity index (χ3n) is 3.37. The number of carbonyl (C=O) groups is 1. The molecule has 0 amide bonds. The first-order valence-electron chi connectivity index (χ1n) is 6.66. The number of hydrogen-bond donors (Lipinski definition) is 0. The average Bonchev–Trinajstić information content (AvgIpc) is 2.47. The lowest BCUT2D eigenvalue weighted by atomic mass is 10.1. The summed E-state index contributed by atoms with van der Waals surface area (Å²) in [5.74, 6) is 0.828. The summed E-state index contributed by atoms with van der Waals surface area (Å²) in [5.41, 5.74) is 2.59. The minimum absolute atomic E-state index is 0.0288. The number of para-hydroxylation sites is 1. The van der Waals surface area contributed by atoms with Crippen LogP contribution in [0.1, 0.15) is 22.8 Å². The minimum atomic E-state index is -0.0288. The van der Waals surface area contributed by atoms with Crippen LogP contribution in [0.5, 0.6) is 5.75 Å². The molecule has 0 aliphatic heterocycles. The number of rotatable bonds is 5. The van der Waals surface area contributed by atoms with Crippen LogP contribution in [-0.4, -0.2) is 19.9 Å². The quantitative estimate of drug-likeness (QED) is 0.776. The summed E-state index contributed by atoms with van der Waals surface area (Å²) >= 11 is 6.16. The zero-order valence-electron chi connectivity index (χ0n) is 12.4. The molecule has 0 aliphatic carbocycles. The third-order valence-corrected chi connectivity index (χ3v) is 3.69. The van der Waals surface area contributed by atoms with Gasteiger partial charge in [-0.3, -0.25) is 4.79 Å². The van der Waals surface area contributed by atoms with Crippen LogP contribution in [0.4, 0.5) is 5.69 Å². The first-order valence-corrected chi connectivity index (χ1v) is 7.04. The highest BCUT2D eigenvalue weighted by Gasteiger charge is 2.10. The predicted octanol–water partition coefficient (Wildman–Crippen LogP) is 4.19. The van der Waals surface area contributed by atoms with Crippen LogP contribution in [-0.2, 0) is 6.54 Å². The molecule has 0 atom stereocenters. The molecule has 0 saturated carbocycles. The fourth-order valence-corrected chi connectivity index (χ4v) is 2.52. The number of methoxy groups -OCH3 is 1. The molecule has 0 aliphatic rings. The van der Waals surface area contributed by atoms with Gasteiger partial charge in [0.2, 0.25) is 0 Å². The first-order chi connectivity index (χ1) is 10.0. The van der Waals surface area contributed by atoms with Crippen LogP contribution < -0.4 is 9.64 Å². The van der Waals surface area contributed by atoms with Crippen molar-refractivity contribution in [1.82, 2.24) is 0 Å². The summed E-state index contributed by atoms with van der Waals surface area (Å²) in [6.07, 6.45) is 0. The molecule has 0 unspecified atom stereocenters. The van der Waals surface area contributed by atoms with Crippen molar-refractivity contribution in [1.29, 1.82) is 0 Å². The van der Waals surface area contributed by atoms with Gasteiger partial charge in [-0.15, -0.1) is 0 Å². The van der Waals surface area contributed by atoms with E-state index in [2.05, 4.69) is 4.90 Å². The van der Waals surface area contributed by atoms with E-state index in [1.165, 1.54) is 6.92 Å². The number of anilines is 1. The van der Waals surface area contributed by atoms with Gasteiger partial charge in [0.1, 0.15) is 5.75 Å². The van der Waals surface area contributed by atoms with Gasteiger partial charge in [0.25, 0.3) is 0 Å². The Bertz CT molecular complexity index is 655. The van der Waals surface area contributed by atoms with Gasteiger partial charge in [-0.1, -0.05) is 29.8 Å². The van der Waals surface area contributed by atoms with Crippen molar-refractivity contribution < 1.29 is 9.53 Å². The van der Waals surface area contributed by atoms with Crippen molar-refractivity contribution in [2.45, 2.75) is 13.5 Å². The van der Waals surface area contributed by atoms with E-state index in [0.717, 1.165) is 17.0 Å². The van der Waals surface area contributed by atoms with Gasteiger partial charge in [-0.25, -0.2) is 0 Å². The summed E-state index contributed by atoms with van der Waals surface area (Å²) in [6, 6.07) is 13.4. The lowest BCUT2D eigenvalue weighted by Crippen LogP contribution is -2.17. The second-order valence-corrected chi connectivity index (χ2v) is 5.30. The number of Topliss-reactive ketones (excluding diaryl/α,β-unsaturated/α-hetero) is 1. The third kappa shape index (κ3) is 3.56. The zero-order chi connectivity index (χ0) is 15.4. The van der Waals surface area contributed by atoms with Crippen molar-refractivity contribution in [2.24, 2.45) is 0 Å². The molecule has 0 saturated heterocycles. The Hall–Kier alpha value is -2.00. The Kier molecular flexibility index (Phi) is 4.86. The summed E-state index contributed by atoms with van der Waals surface area (Å²) in [5, 5.41) is 0.479. The zero-order valence-corrected chi connectivity index (χ0v) is 13.1. The topological polar surface area (TPSA) is 29.5 Å². The van der Waals surface area contributed by atoms with Gasteiger partial charge in [0.05, 0.1) is 12.1 Å². The molecule has 2 rings (SSSR count). The summed E-state index contributed by atoms with van der Waals surface area (Å²) in [6.45, 7) is 2.21. The Morgan fingerprint density at radius 1 is 1.24 bits per heavy atom. The van der Waals surface area contributed by atoms with E-state index < -0.39 is 0 Å². The van der Waals surface area contributed by atoms with E-state index in [1.54, 1.807) is 13.2 Å². The second kappa shape index (κ2) is 6.64. The van der Waals surface area contributed by atoms with Crippen LogP contribution in [0.25, 0.3) is 0 Å². The van der Waals surface area contributed by atoms with Crippen molar-refractivity contribution >= 4 is 23.1 Å². The molecular weight excluding hydrogens is 286 g/mol. The molecule has 0 bridgehead atoms. The Morgan fingerprint density at radius 2 is 1.95 bits per heavy atom. The molecular formula is C17H18ClNO2. The molecule has 0 N–H and O–H groups in total. The molecule has 3 nitrogen and oxygen atoms in total. The molecule has 0 heterocycles. The van der Waals surface area contributed by atoms with Crippen LogP contribution in [0, 0.1) is 0 Å². The highest BCUT2D eigenvalue weighted by Crippen LogP contribution is 2.26. The molecule has 110 valence electrons. The minimum Gasteiger partial charge on any atom is -0.496 e. The summed E-state index contributed by atoms with van der Waals surface area (Å²) in [7, 11) is 3.64. The van der Waals surface area contributed by atoms with Crippen LogP contribution in [0.2, 0.25) is 5.02 Å². The first kappa shape index (κ1) is 15.4. The predicted molar refractivity (Wildman–Crippen MR) is 86.6 cm³/mol. The fraction of sp³-hybridized carbons (Fsp3) is 0.235. The number of halogens is 1. The lowest BCUT2D eigenvalue weighted by molar-refractivity contribution is 0.101. The number of carbonyl (C=O) groups excluding carboxylic acids is 1. The van der Waals surface area contributed by atoms with E-state index in [1.807, 2.05) is 43.4 Å². The Morgan fingerprint density at radius 3 is 2.57 bits per heavy atom. The summed E-state index contributed by atoms with van der Waals surface area (Å²) < 4.78 is 5.36. The molecule has 0 spiro atoms. The second-order valence-electron chi connectivity index (χ2n) is 4.89. The van der Waals surface area contributed by atoms with Crippen LogP contribution >= 0.6 is 11.6 Å². The lowest BCUT2D eigenvalue weighted by Gasteiger charge is -2.21. The van der Waals surface area contributed by atoms with Gasteiger partial charge in [0.15, 0.2) is 5.78 Å². The SMILES string of the molecule is COc1ccccc1CN(C)c1ccc(C(C)=O)c(Cl)c1. The Balaban J connectivity index is 2.22. The smallest absolute Gasteiger partial charge is 0.161 e.